The first-order chi connectivity index (χ1) is 13.9. The van der Waals surface area contributed by atoms with E-state index in [0.717, 1.165) is 0 Å². The van der Waals surface area contributed by atoms with Gasteiger partial charge in [-0.05, 0) is 42.7 Å². The van der Waals surface area contributed by atoms with Gasteiger partial charge in [0.05, 0.1) is 17.7 Å². The summed E-state index contributed by atoms with van der Waals surface area (Å²) in [5.74, 6) is 0.377. The Bertz CT molecular complexity index is 908. The van der Waals surface area contributed by atoms with Crippen LogP contribution in [0.5, 0.6) is 5.75 Å². The largest absolute Gasteiger partial charge is 0.495 e. The molecule has 4 nitrogen and oxygen atoms in total. The number of carbonyl (C=O) groups excluding carboxylic acids is 1. The van der Waals surface area contributed by atoms with Crippen LogP contribution in [0.4, 0.5) is 4.39 Å². The van der Waals surface area contributed by atoms with Crippen LogP contribution >= 0.6 is 23.2 Å². The van der Waals surface area contributed by atoms with E-state index in [-0.39, 0.29) is 11.9 Å². The van der Waals surface area contributed by atoms with Gasteiger partial charge >= 0.3 is 0 Å². The van der Waals surface area contributed by atoms with Crippen LogP contribution in [0.1, 0.15) is 28.8 Å². The van der Waals surface area contributed by atoms with Crippen molar-refractivity contribution in [2.45, 2.75) is 24.6 Å². The Morgan fingerprint density at radius 3 is 2.66 bits per heavy atom. The Balaban J connectivity index is 1.46. The maximum atomic E-state index is 15.7. The molecule has 2 atom stereocenters. The Hall–Kier alpha value is -1.82. The number of alkyl halides is 1. The molecule has 2 aliphatic rings. The molecular weight excluding hydrogens is 414 g/mol. The first-order valence-corrected chi connectivity index (χ1v) is 10.5. The SMILES string of the molecule is COc1cccc(C(=O)N2CCN3C[C@](F)(c4ccc(Cl)cc4)CC[C@H]3C2)c1Cl. The molecule has 1 amide bonds. The van der Waals surface area contributed by atoms with Crippen molar-refractivity contribution in [2.75, 3.05) is 33.3 Å². The van der Waals surface area contributed by atoms with Crippen molar-refractivity contribution in [3.8, 4) is 5.75 Å². The standard InChI is InChI=1S/C22H23Cl2FN2O2/c1-29-19-4-2-3-18(20(19)24)21(28)26-11-12-27-14-22(25,10-9-17(27)13-26)15-5-7-16(23)8-6-15/h2-8,17H,9-14H2,1H3/t17-,22-/m0/s1. The molecule has 2 aromatic rings. The number of fused-ring (bicyclic) bond motifs is 1. The van der Waals surface area contributed by atoms with Crippen LogP contribution in [0.15, 0.2) is 42.5 Å². The van der Waals surface area contributed by atoms with Gasteiger partial charge in [-0.15, -0.1) is 0 Å². The van der Waals surface area contributed by atoms with Crippen molar-refractivity contribution in [1.82, 2.24) is 9.80 Å². The fourth-order valence-electron chi connectivity index (χ4n) is 4.34. The summed E-state index contributed by atoms with van der Waals surface area (Å²) in [4.78, 5) is 17.0. The van der Waals surface area contributed by atoms with Crippen LogP contribution in [0.25, 0.3) is 0 Å². The van der Waals surface area contributed by atoms with Gasteiger partial charge in [0, 0.05) is 37.2 Å². The van der Waals surface area contributed by atoms with E-state index in [0.29, 0.717) is 65.9 Å². The van der Waals surface area contributed by atoms with Crippen LogP contribution in [-0.4, -0.2) is 55.0 Å². The molecule has 0 radical (unpaired) electrons. The zero-order valence-electron chi connectivity index (χ0n) is 16.2. The van der Waals surface area contributed by atoms with E-state index in [2.05, 4.69) is 4.90 Å². The van der Waals surface area contributed by atoms with Gasteiger partial charge in [-0.25, -0.2) is 4.39 Å². The minimum Gasteiger partial charge on any atom is -0.495 e. The van der Waals surface area contributed by atoms with E-state index >= 15 is 4.39 Å². The maximum absolute atomic E-state index is 15.7. The van der Waals surface area contributed by atoms with Gasteiger partial charge < -0.3 is 9.64 Å². The van der Waals surface area contributed by atoms with Gasteiger partial charge in [0.1, 0.15) is 11.4 Å². The summed E-state index contributed by atoms with van der Waals surface area (Å²) < 4.78 is 20.9. The first kappa shape index (κ1) is 20.5. The van der Waals surface area contributed by atoms with E-state index in [1.807, 2.05) is 4.90 Å². The number of halogens is 3. The molecule has 2 fully saturated rings. The molecular formula is C22H23Cl2FN2O2. The molecule has 2 aromatic carbocycles. The summed E-state index contributed by atoms with van der Waals surface area (Å²) in [6.45, 7) is 2.08. The molecule has 4 rings (SSSR count). The summed E-state index contributed by atoms with van der Waals surface area (Å²) >= 11 is 12.3. The van der Waals surface area contributed by atoms with Crippen molar-refractivity contribution < 1.29 is 13.9 Å². The molecule has 7 heteroatoms. The zero-order valence-corrected chi connectivity index (χ0v) is 17.7. The minimum atomic E-state index is -1.39. The van der Waals surface area contributed by atoms with Gasteiger partial charge in [-0.3, -0.25) is 9.69 Å². The number of benzene rings is 2. The molecule has 0 bridgehead atoms. The van der Waals surface area contributed by atoms with Crippen LogP contribution < -0.4 is 4.74 Å². The molecule has 0 spiro atoms. The Morgan fingerprint density at radius 2 is 1.93 bits per heavy atom. The maximum Gasteiger partial charge on any atom is 0.255 e. The monoisotopic (exact) mass is 436 g/mol. The van der Waals surface area contributed by atoms with E-state index in [4.69, 9.17) is 27.9 Å². The fraction of sp³-hybridized carbons (Fsp3) is 0.409. The molecule has 0 N–H and O–H groups in total. The molecule has 2 saturated heterocycles. The van der Waals surface area contributed by atoms with Crippen molar-refractivity contribution in [1.29, 1.82) is 0 Å². The number of piperazine rings is 1. The highest BCUT2D eigenvalue weighted by Gasteiger charge is 2.43. The average molecular weight is 437 g/mol. The summed E-state index contributed by atoms with van der Waals surface area (Å²) in [6.07, 6.45) is 1.12. The summed E-state index contributed by atoms with van der Waals surface area (Å²) in [5, 5.41) is 0.936. The number of methoxy groups -OCH3 is 1. The third kappa shape index (κ3) is 3.96. The number of carbonyl (C=O) groups is 1. The molecule has 29 heavy (non-hydrogen) atoms. The van der Waals surface area contributed by atoms with Crippen molar-refractivity contribution in [3.05, 3.63) is 63.6 Å². The summed E-state index contributed by atoms with van der Waals surface area (Å²) in [6, 6.07) is 12.4. The summed E-state index contributed by atoms with van der Waals surface area (Å²) in [5.41, 5.74) is -0.276. The second-order valence-corrected chi connectivity index (χ2v) is 8.52. The highest BCUT2D eigenvalue weighted by atomic mass is 35.5. The van der Waals surface area contributed by atoms with E-state index in [1.54, 1.807) is 42.5 Å². The highest BCUT2D eigenvalue weighted by molar-refractivity contribution is 6.35. The lowest BCUT2D eigenvalue weighted by Crippen LogP contribution is -2.60. The smallest absolute Gasteiger partial charge is 0.255 e. The van der Waals surface area contributed by atoms with E-state index in [1.165, 1.54) is 7.11 Å². The number of hydrogen-bond donors (Lipinski definition) is 0. The zero-order chi connectivity index (χ0) is 20.6. The normalized spacial score (nSPS) is 24.8. The van der Waals surface area contributed by atoms with E-state index in [9.17, 15) is 4.79 Å². The van der Waals surface area contributed by atoms with Crippen LogP contribution in [0.2, 0.25) is 10.0 Å². The summed E-state index contributed by atoms with van der Waals surface area (Å²) in [7, 11) is 1.53. The number of rotatable bonds is 3. The van der Waals surface area contributed by atoms with Crippen molar-refractivity contribution in [3.63, 3.8) is 0 Å². The van der Waals surface area contributed by atoms with Crippen molar-refractivity contribution >= 4 is 29.1 Å². The number of amides is 1. The van der Waals surface area contributed by atoms with Gasteiger partial charge in [-0.2, -0.15) is 0 Å². The second kappa shape index (κ2) is 8.13. The molecule has 2 heterocycles. The lowest BCUT2D eigenvalue weighted by Gasteiger charge is -2.48. The predicted octanol–water partition coefficient (Wildman–Crippen LogP) is 4.79. The second-order valence-electron chi connectivity index (χ2n) is 7.71. The number of hydrogen-bond acceptors (Lipinski definition) is 3. The Morgan fingerprint density at radius 1 is 1.17 bits per heavy atom. The lowest BCUT2D eigenvalue weighted by molar-refractivity contribution is -0.0258. The predicted molar refractivity (Wildman–Crippen MR) is 113 cm³/mol. The molecule has 0 saturated carbocycles. The molecule has 154 valence electrons. The average Bonchev–Trinajstić information content (AvgIpc) is 2.73. The fourth-order valence-corrected chi connectivity index (χ4v) is 4.75. The van der Waals surface area contributed by atoms with Crippen molar-refractivity contribution in [2.24, 2.45) is 0 Å². The third-order valence-corrected chi connectivity index (χ3v) is 6.64. The highest BCUT2D eigenvalue weighted by Crippen LogP contribution is 2.39. The molecule has 0 aromatic heterocycles. The van der Waals surface area contributed by atoms with Crippen LogP contribution in [-0.2, 0) is 5.67 Å². The number of nitrogens with zero attached hydrogens (tertiary/aromatic N) is 2. The molecule has 0 unspecified atom stereocenters. The lowest BCUT2D eigenvalue weighted by atomic mass is 9.83. The topological polar surface area (TPSA) is 32.8 Å². The van der Waals surface area contributed by atoms with Gasteiger partial charge in [0.15, 0.2) is 0 Å². The quantitative estimate of drug-likeness (QED) is 0.693. The van der Waals surface area contributed by atoms with Crippen LogP contribution in [0.3, 0.4) is 0 Å². The minimum absolute atomic E-state index is 0.108. The van der Waals surface area contributed by atoms with Gasteiger partial charge in [-0.1, -0.05) is 41.4 Å². The molecule has 0 aliphatic carbocycles. The Kier molecular flexibility index (Phi) is 5.74. The molecule has 2 aliphatic heterocycles. The third-order valence-electron chi connectivity index (χ3n) is 5.99. The van der Waals surface area contributed by atoms with Crippen LogP contribution in [0, 0.1) is 0 Å². The number of ether oxygens (including phenoxy) is 1. The van der Waals surface area contributed by atoms with E-state index < -0.39 is 5.67 Å². The van der Waals surface area contributed by atoms with Gasteiger partial charge in [0.25, 0.3) is 5.91 Å². The number of piperidine rings is 1. The Labute approximate surface area is 180 Å². The first-order valence-electron chi connectivity index (χ1n) is 9.72. The van der Waals surface area contributed by atoms with Gasteiger partial charge in [0.2, 0.25) is 0 Å².